The van der Waals surface area contributed by atoms with E-state index in [-0.39, 0.29) is 6.04 Å². The van der Waals surface area contributed by atoms with E-state index in [9.17, 15) is 9.59 Å². The zero-order valence-electron chi connectivity index (χ0n) is 14.5. The van der Waals surface area contributed by atoms with Crippen molar-refractivity contribution < 1.29 is 14.3 Å². The number of ether oxygens (including phenoxy) is 1. The molecule has 0 unspecified atom stereocenters. The highest BCUT2D eigenvalue weighted by Gasteiger charge is 2.33. The number of methoxy groups -OCH3 is 1. The molecular formula is C20H22N2O3. The molecule has 1 saturated heterocycles. The van der Waals surface area contributed by atoms with Gasteiger partial charge >= 0.3 is 11.8 Å². The fraction of sp³-hybridized carbons (Fsp3) is 0.300. The van der Waals surface area contributed by atoms with Crippen molar-refractivity contribution in [3.05, 3.63) is 59.7 Å². The Morgan fingerprint density at radius 3 is 2.40 bits per heavy atom. The standard InChI is InChI=1S/C20H22N2O3/c1-14-5-7-15(8-6-14)18-4-3-13-22(18)20(24)19(23)21-16-9-11-17(25-2)12-10-16/h5-12,18H,3-4,13H2,1-2H3,(H,21,23)/t18-/m1/s1. The Bertz CT molecular complexity index is 754. The molecule has 1 heterocycles. The molecule has 3 rings (SSSR count). The molecular weight excluding hydrogens is 316 g/mol. The summed E-state index contributed by atoms with van der Waals surface area (Å²) in [5, 5.41) is 2.67. The number of hydrogen-bond acceptors (Lipinski definition) is 3. The van der Waals surface area contributed by atoms with Crippen LogP contribution >= 0.6 is 0 Å². The van der Waals surface area contributed by atoms with Crippen molar-refractivity contribution in [3.8, 4) is 5.75 Å². The average Bonchev–Trinajstić information content (AvgIpc) is 3.12. The van der Waals surface area contributed by atoms with Crippen molar-refractivity contribution in [1.82, 2.24) is 4.90 Å². The SMILES string of the molecule is COc1ccc(NC(=O)C(=O)N2CCC[C@@H]2c2ccc(C)cc2)cc1. The molecule has 1 fully saturated rings. The third kappa shape index (κ3) is 3.82. The number of anilines is 1. The van der Waals surface area contributed by atoms with Crippen LogP contribution in [0, 0.1) is 6.92 Å². The molecule has 0 spiro atoms. The van der Waals surface area contributed by atoms with Crippen molar-refractivity contribution in [3.63, 3.8) is 0 Å². The van der Waals surface area contributed by atoms with Gasteiger partial charge in [0.05, 0.1) is 13.2 Å². The number of likely N-dealkylation sites (tertiary alicyclic amines) is 1. The number of aryl methyl sites for hydroxylation is 1. The van der Waals surface area contributed by atoms with Gasteiger partial charge in [-0.05, 0) is 49.6 Å². The predicted molar refractivity (Wildman–Crippen MR) is 96.5 cm³/mol. The molecule has 0 radical (unpaired) electrons. The third-order valence-electron chi connectivity index (χ3n) is 4.52. The lowest BCUT2D eigenvalue weighted by Crippen LogP contribution is -2.39. The lowest BCUT2D eigenvalue weighted by molar-refractivity contribution is -0.143. The number of hydrogen-bond donors (Lipinski definition) is 1. The van der Waals surface area contributed by atoms with Crippen LogP contribution in [0.3, 0.4) is 0 Å². The van der Waals surface area contributed by atoms with Crippen LogP contribution in [0.4, 0.5) is 5.69 Å². The molecule has 0 bridgehead atoms. The van der Waals surface area contributed by atoms with Crippen LogP contribution in [0.25, 0.3) is 0 Å². The zero-order chi connectivity index (χ0) is 17.8. The van der Waals surface area contributed by atoms with Crippen molar-refractivity contribution >= 4 is 17.5 Å². The van der Waals surface area contributed by atoms with Crippen LogP contribution in [0.15, 0.2) is 48.5 Å². The van der Waals surface area contributed by atoms with Crippen LogP contribution in [0.5, 0.6) is 5.75 Å². The van der Waals surface area contributed by atoms with Crippen molar-refractivity contribution in [1.29, 1.82) is 0 Å². The van der Waals surface area contributed by atoms with E-state index in [1.165, 1.54) is 5.56 Å². The van der Waals surface area contributed by atoms with Gasteiger partial charge in [0.2, 0.25) is 0 Å². The van der Waals surface area contributed by atoms with Gasteiger partial charge in [-0.1, -0.05) is 29.8 Å². The maximum absolute atomic E-state index is 12.6. The summed E-state index contributed by atoms with van der Waals surface area (Å²) in [6, 6.07) is 15.0. The van der Waals surface area contributed by atoms with Gasteiger partial charge in [-0.3, -0.25) is 9.59 Å². The first kappa shape index (κ1) is 17.0. The summed E-state index contributed by atoms with van der Waals surface area (Å²) in [5.41, 5.74) is 2.83. The minimum atomic E-state index is -0.607. The van der Waals surface area contributed by atoms with Gasteiger partial charge in [-0.2, -0.15) is 0 Å². The Hall–Kier alpha value is -2.82. The molecule has 0 aliphatic carbocycles. The Morgan fingerprint density at radius 1 is 1.08 bits per heavy atom. The van der Waals surface area contributed by atoms with E-state index in [1.807, 2.05) is 31.2 Å². The summed E-state index contributed by atoms with van der Waals surface area (Å²) >= 11 is 0. The first-order valence-corrected chi connectivity index (χ1v) is 8.41. The van der Waals surface area contributed by atoms with Gasteiger partial charge in [-0.15, -0.1) is 0 Å². The molecule has 2 aromatic carbocycles. The molecule has 2 aromatic rings. The largest absolute Gasteiger partial charge is 0.497 e. The van der Waals surface area contributed by atoms with Crippen molar-refractivity contribution in [2.24, 2.45) is 0 Å². The highest BCUT2D eigenvalue weighted by molar-refractivity contribution is 6.39. The Morgan fingerprint density at radius 2 is 1.76 bits per heavy atom. The molecule has 25 heavy (non-hydrogen) atoms. The summed E-state index contributed by atoms with van der Waals surface area (Å²) in [6.07, 6.45) is 1.78. The van der Waals surface area contributed by atoms with Crippen LogP contribution in [-0.4, -0.2) is 30.4 Å². The maximum Gasteiger partial charge on any atom is 0.313 e. The van der Waals surface area contributed by atoms with Gasteiger partial charge in [0.15, 0.2) is 0 Å². The summed E-state index contributed by atoms with van der Waals surface area (Å²) in [5.74, 6) is -0.397. The van der Waals surface area contributed by atoms with E-state index in [0.717, 1.165) is 18.4 Å². The van der Waals surface area contributed by atoms with Crippen molar-refractivity contribution in [2.45, 2.75) is 25.8 Å². The van der Waals surface area contributed by atoms with Gasteiger partial charge in [0, 0.05) is 12.2 Å². The Balaban J connectivity index is 1.69. The molecule has 0 saturated carbocycles. The normalized spacial score (nSPS) is 16.6. The molecule has 1 atom stereocenters. The molecule has 1 aliphatic rings. The number of rotatable bonds is 3. The summed E-state index contributed by atoms with van der Waals surface area (Å²) in [6.45, 7) is 2.64. The van der Waals surface area contributed by atoms with E-state index in [0.29, 0.717) is 18.0 Å². The second kappa shape index (κ2) is 7.38. The third-order valence-corrected chi connectivity index (χ3v) is 4.52. The van der Waals surface area contributed by atoms with Crippen molar-refractivity contribution in [2.75, 3.05) is 19.0 Å². The van der Waals surface area contributed by atoms with E-state index < -0.39 is 11.8 Å². The van der Waals surface area contributed by atoms with Crippen LogP contribution in [0.1, 0.15) is 30.0 Å². The lowest BCUT2D eigenvalue weighted by atomic mass is 10.0. The number of carbonyl (C=O) groups is 2. The van der Waals surface area contributed by atoms with Gasteiger partial charge in [0.1, 0.15) is 5.75 Å². The predicted octanol–water partition coefficient (Wildman–Crippen LogP) is 3.31. The second-order valence-electron chi connectivity index (χ2n) is 6.25. The highest BCUT2D eigenvalue weighted by Crippen LogP contribution is 2.32. The molecule has 5 heteroatoms. The number of carbonyl (C=O) groups excluding carboxylic acids is 2. The van der Waals surface area contributed by atoms with Gasteiger partial charge in [-0.25, -0.2) is 0 Å². The second-order valence-corrected chi connectivity index (χ2v) is 6.25. The quantitative estimate of drug-likeness (QED) is 0.874. The molecule has 2 amide bonds. The molecule has 5 nitrogen and oxygen atoms in total. The van der Waals surface area contributed by atoms with Gasteiger partial charge < -0.3 is 15.0 Å². The smallest absolute Gasteiger partial charge is 0.313 e. The molecule has 1 aliphatic heterocycles. The maximum atomic E-state index is 12.6. The average molecular weight is 338 g/mol. The lowest BCUT2D eigenvalue weighted by Gasteiger charge is -2.24. The first-order chi connectivity index (χ1) is 12.1. The number of amides is 2. The molecule has 1 N–H and O–H groups in total. The minimum absolute atomic E-state index is 0.0327. The minimum Gasteiger partial charge on any atom is -0.497 e. The number of benzene rings is 2. The van der Waals surface area contributed by atoms with Gasteiger partial charge in [0.25, 0.3) is 0 Å². The summed E-state index contributed by atoms with van der Waals surface area (Å²) < 4.78 is 5.09. The van der Waals surface area contributed by atoms with E-state index in [1.54, 1.807) is 36.3 Å². The Kier molecular flexibility index (Phi) is 5.03. The molecule has 0 aromatic heterocycles. The fourth-order valence-corrected chi connectivity index (χ4v) is 3.13. The monoisotopic (exact) mass is 338 g/mol. The van der Waals surface area contributed by atoms with E-state index >= 15 is 0 Å². The summed E-state index contributed by atoms with van der Waals surface area (Å²) in [7, 11) is 1.58. The first-order valence-electron chi connectivity index (χ1n) is 8.41. The number of nitrogens with zero attached hydrogens (tertiary/aromatic N) is 1. The summed E-state index contributed by atoms with van der Waals surface area (Å²) in [4.78, 5) is 26.6. The van der Waals surface area contributed by atoms with E-state index in [4.69, 9.17) is 4.74 Å². The van der Waals surface area contributed by atoms with E-state index in [2.05, 4.69) is 5.32 Å². The topological polar surface area (TPSA) is 58.6 Å². The molecule has 130 valence electrons. The Labute approximate surface area is 147 Å². The number of nitrogens with one attached hydrogen (secondary N) is 1. The highest BCUT2D eigenvalue weighted by atomic mass is 16.5. The van der Waals surface area contributed by atoms with Crippen LogP contribution < -0.4 is 10.1 Å². The fourth-order valence-electron chi connectivity index (χ4n) is 3.13. The van der Waals surface area contributed by atoms with Crippen LogP contribution in [0.2, 0.25) is 0 Å². The zero-order valence-corrected chi connectivity index (χ0v) is 14.5. The van der Waals surface area contributed by atoms with Crippen LogP contribution in [-0.2, 0) is 9.59 Å².